The summed E-state index contributed by atoms with van der Waals surface area (Å²) >= 11 is 5.70. The van der Waals surface area contributed by atoms with Crippen LogP contribution in [0.5, 0.6) is 11.5 Å². The Hall–Kier alpha value is -2.81. The van der Waals surface area contributed by atoms with E-state index in [1.165, 1.54) is 6.20 Å². The molecule has 0 saturated carbocycles. The number of ether oxygens (including phenoxy) is 2. The Morgan fingerprint density at radius 1 is 1.12 bits per heavy atom. The fourth-order valence-corrected chi connectivity index (χ4v) is 2.16. The lowest BCUT2D eigenvalue weighted by molar-refractivity contribution is -0.0498. The molecule has 26 heavy (non-hydrogen) atoms. The van der Waals surface area contributed by atoms with E-state index in [9.17, 15) is 13.2 Å². The van der Waals surface area contributed by atoms with Crippen LogP contribution >= 0.6 is 11.6 Å². The third kappa shape index (κ3) is 4.23. The normalized spacial score (nSPS) is 12.2. The van der Waals surface area contributed by atoms with Crippen molar-refractivity contribution in [3.63, 3.8) is 0 Å². The molecular weight excluding hydrogens is 375 g/mol. The largest absolute Gasteiger partial charge is 0.479 e. The van der Waals surface area contributed by atoms with Gasteiger partial charge in [0, 0.05) is 0 Å². The van der Waals surface area contributed by atoms with Crippen molar-refractivity contribution in [2.45, 2.75) is 19.6 Å². The van der Waals surface area contributed by atoms with Gasteiger partial charge in [-0.25, -0.2) is 9.37 Å². The van der Waals surface area contributed by atoms with Gasteiger partial charge < -0.3 is 14.0 Å². The maximum atomic E-state index is 14.0. The van der Waals surface area contributed by atoms with Gasteiger partial charge in [0.25, 0.3) is 5.89 Å². The van der Waals surface area contributed by atoms with Crippen LogP contribution in [0.25, 0.3) is 11.4 Å². The molecule has 0 fully saturated rings. The Morgan fingerprint density at radius 2 is 1.88 bits per heavy atom. The molecule has 2 aromatic heterocycles. The predicted octanol–water partition coefficient (Wildman–Crippen LogP) is 4.67. The Morgan fingerprint density at radius 3 is 2.58 bits per heavy atom. The summed E-state index contributed by atoms with van der Waals surface area (Å²) in [5, 5.41) is 3.97. The summed E-state index contributed by atoms with van der Waals surface area (Å²) in [6.45, 7) is -1.39. The van der Waals surface area contributed by atoms with Crippen LogP contribution in [0.3, 0.4) is 0 Å². The third-order valence-electron chi connectivity index (χ3n) is 3.21. The highest BCUT2D eigenvalue weighted by Crippen LogP contribution is 2.28. The zero-order valence-electron chi connectivity index (χ0n) is 13.2. The maximum absolute atomic E-state index is 14.0. The molecule has 0 amide bonds. The third-order valence-corrected chi connectivity index (χ3v) is 3.43. The minimum atomic E-state index is -3.03. The lowest BCUT2D eigenvalue weighted by Gasteiger charge is -2.09. The van der Waals surface area contributed by atoms with E-state index in [1.54, 1.807) is 19.1 Å². The summed E-state index contributed by atoms with van der Waals surface area (Å²) in [5.41, 5.74) is -0.140. The van der Waals surface area contributed by atoms with Crippen LogP contribution in [0.15, 0.2) is 41.1 Å². The zero-order valence-corrected chi connectivity index (χ0v) is 14.0. The van der Waals surface area contributed by atoms with Crippen molar-refractivity contribution in [1.82, 2.24) is 15.1 Å². The second-order valence-electron chi connectivity index (χ2n) is 5.05. The second kappa shape index (κ2) is 7.61. The van der Waals surface area contributed by atoms with E-state index >= 15 is 0 Å². The number of hydrogen-bond acceptors (Lipinski definition) is 6. The van der Waals surface area contributed by atoms with Crippen LogP contribution in [0.1, 0.15) is 18.9 Å². The highest BCUT2D eigenvalue weighted by atomic mass is 35.5. The quantitative estimate of drug-likeness (QED) is 0.574. The first-order valence-corrected chi connectivity index (χ1v) is 7.66. The van der Waals surface area contributed by atoms with E-state index in [0.717, 1.165) is 18.2 Å². The van der Waals surface area contributed by atoms with E-state index < -0.39 is 18.5 Å². The number of benzene rings is 1. The van der Waals surface area contributed by atoms with Gasteiger partial charge in [0.1, 0.15) is 22.5 Å². The monoisotopic (exact) mass is 385 g/mol. The molecule has 0 aliphatic carbocycles. The number of nitrogens with zero attached hydrogens (tertiary/aromatic N) is 3. The van der Waals surface area contributed by atoms with Crippen molar-refractivity contribution in [2.75, 3.05) is 0 Å². The lowest BCUT2D eigenvalue weighted by atomic mass is 10.2. The molecule has 0 radical (unpaired) electrons. The number of rotatable bonds is 6. The van der Waals surface area contributed by atoms with Gasteiger partial charge in [-0.3, -0.25) is 0 Å². The van der Waals surface area contributed by atoms with Gasteiger partial charge in [-0.2, -0.15) is 13.8 Å². The Balaban J connectivity index is 1.79. The van der Waals surface area contributed by atoms with Gasteiger partial charge in [0.2, 0.25) is 5.82 Å². The highest BCUT2D eigenvalue weighted by molar-refractivity contribution is 6.29. The Labute approximate surface area is 150 Å². The first-order valence-electron chi connectivity index (χ1n) is 7.29. The van der Waals surface area contributed by atoms with Crippen molar-refractivity contribution in [2.24, 2.45) is 0 Å². The summed E-state index contributed by atoms with van der Waals surface area (Å²) in [4.78, 5) is 7.92. The van der Waals surface area contributed by atoms with Crippen molar-refractivity contribution in [3.05, 3.63) is 53.4 Å². The Kier molecular flexibility index (Phi) is 5.27. The zero-order chi connectivity index (χ0) is 18.7. The van der Waals surface area contributed by atoms with Gasteiger partial charge >= 0.3 is 6.61 Å². The highest BCUT2D eigenvalue weighted by Gasteiger charge is 2.20. The van der Waals surface area contributed by atoms with Gasteiger partial charge in [-0.15, -0.1) is 0 Å². The first-order chi connectivity index (χ1) is 12.4. The van der Waals surface area contributed by atoms with Gasteiger partial charge in [0.15, 0.2) is 6.10 Å². The first kappa shape index (κ1) is 18.0. The standard InChI is InChI=1S/C16H11ClF3N3O3/c1-8(24-10-3-5-13(17)21-7-10)15-22-14(23-26-15)11-6-9(25-16(19)20)2-4-12(11)18/h2-8,16H,1H3/t8-/m0/s1. The molecule has 2 heterocycles. The van der Waals surface area contributed by atoms with Crippen molar-refractivity contribution < 1.29 is 27.2 Å². The molecule has 0 N–H and O–H groups in total. The van der Waals surface area contributed by atoms with Crippen LogP contribution in [0.4, 0.5) is 13.2 Å². The molecule has 0 aliphatic rings. The van der Waals surface area contributed by atoms with E-state index in [4.69, 9.17) is 20.9 Å². The predicted molar refractivity (Wildman–Crippen MR) is 84.6 cm³/mol. The smallest absolute Gasteiger partial charge is 0.387 e. The topological polar surface area (TPSA) is 70.3 Å². The average Bonchev–Trinajstić information content (AvgIpc) is 3.08. The van der Waals surface area contributed by atoms with E-state index in [1.807, 2.05) is 0 Å². The number of alkyl halides is 2. The molecule has 0 unspecified atom stereocenters. The SMILES string of the molecule is C[C@H](Oc1ccc(Cl)nc1)c1nc(-c2cc(OC(F)F)ccc2F)no1. The number of halogens is 4. The molecule has 3 aromatic rings. The van der Waals surface area contributed by atoms with Gasteiger partial charge in [-0.1, -0.05) is 16.8 Å². The molecule has 0 bridgehead atoms. The van der Waals surface area contributed by atoms with Crippen molar-refractivity contribution in [1.29, 1.82) is 0 Å². The summed E-state index contributed by atoms with van der Waals surface area (Å²) in [5.74, 6) is -0.578. The summed E-state index contributed by atoms with van der Waals surface area (Å²) in [6, 6.07) is 6.26. The van der Waals surface area contributed by atoms with E-state index in [2.05, 4.69) is 19.9 Å². The molecular formula is C16H11ClF3N3O3. The van der Waals surface area contributed by atoms with Crippen LogP contribution < -0.4 is 9.47 Å². The number of hydrogen-bond donors (Lipinski definition) is 0. The van der Waals surface area contributed by atoms with Crippen LogP contribution in [0.2, 0.25) is 5.15 Å². The van der Waals surface area contributed by atoms with Crippen molar-refractivity contribution in [3.8, 4) is 22.9 Å². The molecule has 0 spiro atoms. The van der Waals surface area contributed by atoms with E-state index in [0.29, 0.717) is 10.9 Å². The molecule has 0 saturated heterocycles. The molecule has 136 valence electrons. The average molecular weight is 386 g/mol. The van der Waals surface area contributed by atoms with Crippen LogP contribution in [0, 0.1) is 5.82 Å². The van der Waals surface area contributed by atoms with E-state index in [-0.39, 0.29) is 23.0 Å². The maximum Gasteiger partial charge on any atom is 0.387 e. The molecule has 0 aliphatic heterocycles. The molecule has 1 aromatic carbocycles. The van der Waals surface area contributed by atoms with Gasteiger partial charge in [-0.05, 0) is 37.3 Å². The second-order valence-corrected chi connectivity index (χ2v) is 5.44. The van der Waals surface area contributed by atoms with Crippen molar-refractivity contribution >= 4 is 11.6 Å². The molecule has 10 heteroatoms. The fourth-order valence-electron chi connectivity index (χ4n) is 2.05. The molecule has 6 nitrogen and oxygen atoms in total. The minimum absolute atomic E-state index is 0.0644. The lowest BCUT2D eigenvalue weighted by Crippen LogP contribution is -2.04. The minimum Gasteiger partial charge on any atom is -0.479 e. The Bertz CT molecular complexity index is 890. The summed E-state index contributed by atoms with van der Waals surface area (Å²) < 4.78 is 53.5. The summed E-state index contributed by atoms with van der Waals surface area (Å²) in [6.07, 6.45) is 0.754. The molecule has 3 rings (SSSR count). The number of pyridine rings is 1. The van der Waals surface area contributed by atoms with Crippen LogP contribution in [-0.4, -0.2) is 21.7 Å². The van der Waals surface area contributed by atoms with Gasteiger partial charge in [0.05, 0.1) is 11.8 Å². The number of aromatic nitrogens is 3. The molecule has 1 atom stereocenters. The van der Waals surface area contributed by atoms with Crippen LogP contribution in [-0.2, 0) is 0 Å². The fraction of sp³-hybridized carbons (Fsp3) is 0.188. The summed E-state index contributed by atoms with van der Waals surface area (Å²) in [7, 11) is 0.